The molecule has 3 aromatic heterocycles. The van der Waals surface area contributed by atoms with Crippen molar-refractivity contribution in [3.63, 3.8) is 0 Å². The van der Waals surface area contributed by atoms with E-state index in [4.69, 9.17) is 25.7 Å². The summed E-state index contributed by atoms with van der Waals surface area (Å²) in [6.07, 6.45) is 55.5. The normalized spacial score (nSPS) is 43.7. The molecule has 6 saturated heterocycles. The van der Waals surface area contributed by atoms with Gasteiger partial charge in [-0.2, -0.15) is 0 Å². The summed E-state index contributed by atoms with van der Waals surface area (Å²) in [7, 11) is 0. The second-order valence-corrected chi connectivity index (χ2v) is 39.1. The molecule has 9 aliphatic carbocycles. The van der Waals surface area contributed by atoms with Gasteiger partial charge in [-0.3, -0.25) is 29.7 Å². The number of pyridine rings is 3. The summed E-state index contributed by atoms with van der Waals surface area (Å²) in [4.78, 5) is 20.8. The van der Waals surface area contributed by atoms with E-state index in [1.165, 1.54) is 193 Å². The predicted octanol–water partition coefficient (Wildman–Crippen LogP) is 16.2. The molecule has 9 aliphatic heterocycles. The number of aliphatic hydroxyl groups excluding tert-OH is 2. The van der Waals surface area contributed by atoms with Crippen LogP contribution in [-0.2, 0) is 14.2 Å². The van der Waals surface area contributed by atoms with Gasteiger partial charge in [-0.1, -0.05) is 93.6 Å². The summed E-state index contributed by atoms with van der Waals surface area (Å²) < 4.78 is 22.5. The Bertz CT molecular complexity index is 4850. The molecule has 12 heterocycles. The Labute approximate surface area is 639 Å². The first-order valence-electron chi connectivity index (χ1n) is 42.8. The third kappa shape index (κ3) is 10.1. The van der Waals surface area contributed by atoms with Crippen molar-refractivity contribution in [2.75, 3.05) is 39.3 Å². The summed E-state index contributed by atoms with van der Waals surface area (Å²) in [5, 5.41) is 28.0. The van der Waals surface area contributed by atoms with Crippen molar-refractivity contribution in [2.45, 2.75) is 275 Å². The van der Waals surface area contributed by atoms with Crippen LogP contribution < -0.4 is 11.5 Å². The van der Waals surface area contributed by atoms with Crippen molar-refractivity contribution in [1.29, 1.82) is 0 Å². The highest BCUT2D eigenvalue weighted by atomic mass is 16.5. The highest BCUT2D eigenvalue weighted by Crippen LogP contribution is 2.73. The monoisotopic (exact) mass is 1450 g/mol. The average molecular weight is 1450 g/mol. The maximum atomic E-state index is 10.2. The lowest BCUT2D eigenvalue weighted by atomic mass is 9.58. The molecular formula is C95H114N8O5. The average Bonchev–Trinajstić information content (AvgIpc) is 1.52. The number of benzene rings is 3. The summed E-state index contributed by atoms with van der Waals surface area (Å²) in [6.45, 7) is 13.2. The van der Waals surface area contributed by atoms with Crippen molar-refractivity contribution < 1.29 is 24.4 Å². The number of ether oxygens (including phenoxy) is 3. The van der Waals surface area contributed by atoms with Gasteiger partial charge in [0.05, 0.1) is 45.8 Å². The molecule has 13 nitrogen and oxygen atoms in total. The van der Waals surface area contributed by atoms with Gasteiger partial charge >= 0.3 is 0 Å². The molecule has 21 atom stereocenters. The van der Waals surface area contributed by atoms with Gasteiger partial charge in [0.2, 0.25) is 0 Å². The Balaban J connectivity index is 0.000000101. The third-order valence-electron chi connectivity index (χ3n) is 34.2. The Hall–Kier alpha value is -6.07. The van der Waals surface area contributed by atoms with Gasteiger partial charge in [0, 0.05) is 123 Å². The van der Waals surface area contributed by atoms with E-state index in [0.29, 0.717) is 78.8 Å². The Morgan fingerprint density at radius 2 is 0.741 bits per heavy atom. The van der Waals surface area contributed by atoms with Gasteiger partial charge < -0.3 is 35.9 Å². The standard InChI is InChI=1S/C32H39N3O.C32H38N2O3.C31H37N3O/c1-30-11-8-25-17-24-4-5-27(35-15-10-26(33)20-35)18-31(24)12-13-32(25,36-31)29(30)7-6-28(30)22-3-2-21-9-14-34-19-23(21)16-22;1-30-10-8-24-15-23-4-5-25(34-18-27(35)28(36)19-34)16-31(23)11-12-32(24,37-31)29(30)7-6-26(30)21-3-2-20-9-13-33-17-22(20)14-21;1-29-10-8-24-15-23-4-5-26(34-18-25(32)19-34)16-30(23)11-12-31(24,35-30)28(29)7-6-27(29)21-3-2-20-9-13-33-17-22(20)14-21/h2-3,8-9,14,16-17,19,26-29H,4-7,10-13,15,18,20,33H2,1H3;2-3,8-9,13-15,17,25-29,35-36H,4-7,10-12,16,18-19H2,1H3;2-3,8-9,13-15,17,25-28H,4-7,10-12,16,18-19,32H2,1H3/t26-,27-,28-,29-,30-,31-,32?;25-,26-,27+,28+,29-,30-,31-,32?;26-,27-,28-,29-,30-,31?/m111/s1. The van der Waals surface area contributed by atoms with Crippen LogP contribution in [0.25, 0.3) is 32.3 Å². The van der Waals surface area contributed by atoms with Crippen LogP contribution in [0.4, 0.5) is 0 Å². The lowest BCUT2D eigenvalue weighted by molar-refractivity contribution is -0.143. The molecule has 3 unspecified atom stereocenters. The Morgan fingerprint density at radius 1 is 0.389 bits per heavy atom. The SMILES string of the molecule is C[C@]12CC=C3C=C4CC[C@@H](N5CC(N)C5)C[C@]45CCC3(O5)[C@@H]1CC[C@@H]2c1ccc2ccncc2c1.C[C@]12CC=C3C=C4CC[C@@H](N5CC[C@@H](N)C5)C[C@]45CCC3(O5)[C@@H]1CC[C@@H]2c1ccc2ccncc2c1.C[C@]12CC=C3C=C4CC[C@@H](N5C[C@H](O)[C@@H](O)C5)C[C@]45CCC3(O5)[C@@H]1CC[C@@H]2c1ccc2ccncc2c1. The Morgan fingerprint density at radius 3 is 1.09 bits per heavy atom. The van der Waals surface area contributed by atoms with Gasteiger partial charge in [0.15, 0.2) is 0 Å². The second-order valence-electron chi connectivity index (χ2n) is 39.1. The maximum absolute atomic E-state index is 10.2. The minimum atomic E-state index is -0.619. The molecule has 6 saturated carbocycles. The van der Waals surface area contributed by atoms with Crippen LogP contribution in [0, 0.1) is 34.0 Å². The van der Waals surface area contributed by atoms with Crippen LogP contribution in [0.5, 0.6) is 0 Å². The fourth-order valence-electron chi connectivity index (χ4n) is 28.8. The zero-order valence-corrected chi connectivity index (χ0v) is 64.2. The third-order valence-corrected chi connectivity index (χ3v) is 34.2. The second kappa shape index (κ2) is 24.7. The van der Waals surface area contributed by atoms with Crippen LogP contribution in [0.1, 0.15) is 216 Å². The highest BCUT2D eigenvalue weighted by Gasteiger charge is 2.71. The molecule has 6 bridgehead atoms. The molecule has 3 aromatic carbocycles. The van der Waals surface area contributed by atoms with E-state index < -0.39 is 12.2 Å². The first-order valence-corrected chi connectivity index (χ1v) is 42.8. The number of hydrogen-bond donors (Lipinski definition) is 4. The number of likely N-dealkylation sites (tertiary alicyclic amines) is 3. The number of aliphatic hydroxyl groups is 2. The molecule has 24 rings (SSSR count). The molecule has 6 N–H and O–H groups in total. The quantitative estimate of drug-likeness (QED) is 0.124. The molecule has 0 radical (unpaired) electrons. The minimum absolute atomic E-state index is 0.0229. The largest absolute Gasteiger partial charge is 0.389 e. The summed E-state index contributed by atoms with van der Waals surface area (Å²) >= 11 is 0. The zero-order chi connectivity index (χ0) is 72.5. The van der Waals surface area contributed by atoms with E-state index >= 15 is 0 Å². The summed E-state index contributed by atoms with van der Waals surface area (Å²) in [5.41, 5.74) is 26.2. The zero-order valence-electron chi connectivity index (χ0n) is 64.2. The molecule has 564 valence electrons. The number of β-amino-alcohol motifs (C(OH)–C–C–N with tert-alkyl or cyclic N) is 2. The lowest BCUT2D eigenvalue weighted by Gasteiger charge is -2.55. The Kier molecular flexibility index (Phi) is 15.7. The number of nitrogens with two attached hydrogens (primary N) is 2. The number of nitrogens with zero attached hydrogens (tertiary/aromatic N) is 6. The number of hydrogen-bond acceptors (Lipinski definition) is 13. The first kappa shape index (κ1) is 68.7. The van der Waals surface area contributed by atoms with Crippen LogP contribution in [0.2, 0.25) is 0 Å². The van der Waals surface area contributed by atoms with E-state index in [0.717, 1.165) is 64.6 Å². The molecule has 13 heteroatoms. The smallest absolute Gasteiger partial charge is 0.0974 e. The van der Waals surface area contributed by atoms with Gasteiger partial charge in [-0.25, -0.2) is 0 Å². The van der Waals surface area contributed by atoms with Crippen molar-refractivity contribution in [2.24, 2.45) is 45.5 Å². The molecule has 0 amide bonds. The molecule has 108 heavy (non-hydrogen) atoms. The lowest BCUT2D eigenvalue weighted by Crippen LogP contribution is -2.62. The number of allylic oxidation sites excluding steroid dienone is 3. The van der Waals surface area contributed by atoms with E-state index in [1.807, 2.05) is 37.2 Å². The summed E-state index contributed by atoms with van der Waals surface area (Å²) in [6, 6.07) is 30.0. The van der Waals surface area contributed by atoms with E-state index in [1.54, 1.807) is 11.1 Å². The molecule has 6 spiro atoms. The van der Waals surface area contributed by atoms with Crippen molar-refractivity contribution in [3.8, 4) is 0 Å². The van der Waals surface area contributed by atoms with Gasteiger partial charge in [-0.05, 0) is 315 Å². The topological polar surface area (TPSA) is 169 Å². The number of aromatic nitrogens is 3. The minimum Gasteiger partial charge on any atom is -0.389 e. The van der Waals surface area contributed by atoms with E-state index in [2.05, 4.69) is 160 Å². The van der Waals surface area contributed by atoms with Crippen molar-refractivity contribution in [1.82, 2.24) is 29.7 Å². The van der Waals surface area contributed by atoms with E-state index in [-0.39, 0.29) is 49.9 Å². The summed E-state index contributed by atoms with van der Waals surface area (Å²) in [5.74, 6) is 3.41. The first-order chi connectivity index (χ1) is 52.4. The predicted molar refractivity (Wildman–Crippen MR) is 426 cm³/mol. The van der Waals surface area contributed by atoms with Gasteiger partial charge in [0.25, 0.3) is 0 Å². The number of fused-ring (bicyclic) bond motifs is 6. The van der Waals surface area contributed by atoms with Crippen LogP contribution in [0.15, 0.2) is 180 Å². The van der Waals surface area contributed by atoms with Crippen molar-refractivity contribution >= 4 is 32.3 Å². The highest BCUT2D eigenvalue weighted by molar-refractivity contribution is 5.84. The van der Waals surface area contributed by atoms with E-state index in [9.17, 15) is 10.2 Å². The van der Waals surface area contributed by atoms with Crippen LogP contribution in [-0.4, -0.2) is 155 Å². The van der Waals surface area contributed by atoms with Gasteiger partial charge in [-0.15, -0.1) is 0 Å². The fraction of sp³-hybridized carbons (Fsp3) is 0.589. The van der Waals surface area contributed by atoms with Crippen LogP contribution in [0.3, 0.4) is 0 Å². The van der Waals surface area contributed by atoms with Crippen molar-refractivity contribution in [3.05, 3.63) is 197 Å². The maximum Gasteiger partial charge on any atom is 0.0974 e. The molecule has 6 aromatic rings. The molecule has 12 fully saturated rings. The molecular weight excluding hydrogens is 1330 g/mol. The van der Waals surface area contributed by atoms with Gasteiger partial charge in [0.1, 0.15) is 0 Å². The number of rotatable bonds is 6. The van der Waals surface area contributed by atoms with Crippen LogP contribution >= 0.6 is 0 Å². The molecule has 18 aliphatic rings. The fourth-order valence-corrected chi connectivity index (χ4v) is 28.8.